The number of nitrogens with one attached hydrogen (secondary N) is 1. The number of anilines is 1. The second-order valence-electron chi connectivity index (χ2n) is 4.50. The molecule has 0 amide bonds. The van der Waals surface area contributed by atoms with Gasteiger partial charge in [0.25, 0.3) is 0 Å². The minimum absolute atomic E-state index is 0.555. The fraction of sp³-hybridized carbons (Fsp3) is 0.286. The lowest BCUT2D eigenvalue weighted by atomic mass is 10.1. The predicted octanol–water partition coefficient (Wildman–Crippen LogP) is 3.67. The van der Waals surface area contributed by atoms with Crippen molar-refractivity contribution < 1.29 is 4.74 Å². The van der Waals surface area contributed by atoms with Crippen LogP contribution in [-0.4, -0.2) is 23.6 Å². The number of hydrogen-bond donors (Lipinski definition) is 1. The Morgan fingerprint density at radius 2 is 2.20 bits per heavy atom. The van der Waals surface area contributed by atoms with Crippen LogP contribution in [0.2, 0.25) is 5.02 Å². The van der Waals surface area contributed by atoms with Gasteiger partial charge in [0.1, 0.15) is 5.82 Å². The van der Waals surface area contributed by atoms with E-state index in [0.717, 1.165) is 33.5 Å². The van der Waals surface area contributed by atoms with E-state index in [1.807, 2.05) is 25.2 Å². The maximum atomic E-state index is 6.29. The molecule has 0 spiro atoms. The largest absolute Gasteiger partial charge is 0.376 e. The first-order chi connectivity index (χ1) is 9.69. The second-order valence-corrected chi connectivity index (χ2v) is 5.82. The van der Waals surface area contributed by atoms with Gasteiger partial charge in [-0.25, -0.2) is 9.97 Å². The molecule has 1 aromatic heterocycles. The van der Waals surface area contributed by atoms with Gasteiger partial charge >= 0.3 is 0 Å². The lowest BCUT2D eigenvalue weighted by Gasteiger charge is -2.19. The Morgan fingerprint density at radius 3 is 2.95 bits per heavy atom. The monoisotopic (exact) mass is 353 g/mol. The van der Waals surface area contributed by atoms with Crippen molar-refractivity contribution in [2.24, 2.45) is 0 Å². The fourth-order valence-corrected chi connectivity index (χ4v) is 2.99. The normalized spacial score (nSPS) is 13.9. The molecule has 0 aliphatic carbocycles. The van der Waals surface area contributed by atoms with Crippen LogP contribution in [-0.2, 0) is 17.8 Å². The van der Waals surface area contributed by atoms with Crippen LogP contribution in [0, 0.1) is 0 Å². The molecule has 6 heteroatoms. The molecule has 0 saturated carbocycles. The molecule has 1 aromatic carbocycles. The Balaban J connectivity index is 2.14. The summed E-state index contributed by atoms with van der Waals surface area (Å²) in [5.41, 5.74) is 2.90. The van der Waals surface area contributed by atoms with Crippen LogP contribution >= 0.6 is 27.5 Å². The highest BCUT2D eigenvalue weighted by Gasteiger charge is 2.19. The molecule has 0 bridgehead atoms. The number of halogens is 2. The first kappa shape index (κ1) is 13.8. The van der Waals surface area contributed by atoms with Gasteiger partial charge in [-0.1, -0.05) is 27.5 Å². The number of hydrogen-bond acceptors (Lipinski definition) is 4. The summed E-state index contributed by atoms with van der Waals surface area (Å²) in [6.07, 6.45) is 0.799. The third-order valence-corrected chi connectivity index (χ3v) is 4.04. The van der Waals surface area contributed by atoms with Gasteiger partial charge in [0, 0.05) is 29.1 Å². The van der Waals surface area contributed by atoms with Crippen molar-refractivity contribution in [2.45, 2.75) is 13.0 Å². The first-order valence-electron chi connectivity index (χ1n) is 6.29. The lowest BCUT2D eigenvalue weighted by molar-refractivity contribution is 0.109. The summed E-state index contributed by atoms with van der Waals surface area (Å²) in [6.45, 7) is 1.25. The van der Waals surface area contributed by atoms with Gasteiger partial charge in [-0.2, -0.15) is 0 Å². The molecule has 1 aliphatic rings. The molecule has 20 heavy (non-hydrogen) atoms. The van der Waals surface area contributed by atoms with E-state index in [1.54, 1.807) is 0 Å². The quantitative estimate of drug-likeness (QED) is 0.894. The molecular weight excluding hydrogens is 342 g/mol. The van der Waals surface area contributed by atoms with Crippen molar-refractivity contribution >= 4 is 33.3 Å². The van der Waals surface area contributed by atoms with Crippen molar-refractivity contribution in [3.05, 3.63) is 39.0 Å². The Labute approximate surface area is 130 Å². The molecule has 0 radical (unpaired) electrons. The van der Waals surface area contributed by atoms with Crippen molar-refractivity contribution in [2.75, 3.05) is 19.0 Å². The van der Waals surface area contributed by atoms with Crippen molar-refractivity contribution in [1.82, 2.24) is 9.97 Å². The van der Waals surface area contributed by atoms with E-state index in [0.29, 0.717) is 24.1 Å². The van der Waals surface area contributed by atoms with E-state index in [-0.39, 0.29) is 0 Å². The van der Waals surface area contributed by atoms with Gasteiger partial charge in [0.15, 0.2) is 5.82 Å². The Hall–Kier alpha value is -1.17. The summed E-state index contributed by atoms with van der Waals surface area (Å²) in [6, 6.07) is 5.71. The zero-order valence-corrected chi connectivity index (χ0v) is 13.3. The number of aromatic nitrogens is 2. The van der Waals surface area contributed by atoms with Crippen LogP contribution in [0.4, 0.5) is 5.82 Å². The molecule has 0 atom stereocenters. The molecule has 0 fully saturated rings. The smallest absolute Gasteiger partial charge is 0.163 e. The fourth-order valence-electron chi connectivity index (χ4n) is 2.23. The van der Waals surface area contributed by atoms with E-state index >= 15 is 0 Å². The third kappa shape index (κ3) is 2.53. The Morgan fingerprint density at radius 1 is 1.35 bits per heavy atom. The van der Waals surface area contributed by atoms with E-state index in [1.165, 1.54) is 0 Å². The summed E-state index contributed by atoms with van der Waals surface area (Å²) < 4.78 is 6.41. The van der Waals surface area contributed by atoms with Gasteiger partial charge in [-0.15, -0.1) is 0 Å². The molecule has 0 saturated heterocycles. The number of ether oxygens (including phenoxy) is 1. The van der Waals surface area contributed by atoms with Crippen LogP contribution in [0.15, 0.2) is 22.7 Å². The van der Waals surface area contributed by atoms with Gasteiger partial charge in [-0.05, 0) is 18.2 Å². The zero-order chi connectivity index (χ0) is 14.1. The Bertz CT molecular complexity index is 646. The average molecular weight is 355 g/mol. The maximum Gasteiger partial charge on any atom is 0.163 e. The summed E-state index contributed by atoms with van der Waals surface area (Å²) in [5.74, 6) is 1.45. The van der Waals surface area contributed by atoms with Crippen LogP contribution in [0.25, 0.3) is 11.4 Å². The summed E-state index contributed by atoms with van der Waals surface area (Å²) >= 11 is 9.69. The summed E-state index contributed by atoms with van der Waals surface area (Å²) in [5, 5.41) is 3.75. The van der Waals surface area contributed by atoms with Crippen LogP contribution in [0.1, 0.15) is 11.3 Å². The number of nitrogens with zero attached hydrogens (tertiary/aromatic N) is 2. The molecule has 4 nitrogen and oxygen atoms in total. The number of rotatable bonds is 2. The molecule has 1 aliphatic heterocycles. The zero-order valence-electron chi connectivity index (χ0n) is 10.9. The van der Waals surface area contributed by atoms with Crippen LogP contribution < -0.4 is 5.32 Å². The Kier molecular flexibility index (Phi) is 3.92. The van der Waals surface area contributed by atoms with Gasteiger partial charge in [0.05, 0.1) is 23.9 Å². The topological polar surface area (TPSA) is 47.0 Å². The summed E-state index contributed by atoms with van der Waals surface area (Å²) in [7, 11) is 1.85. The van der Waals surface area contributed by atoms with E-state index < -0.39 is 0 Å². The van der Waals surface area contributed by atoms with Crippen LogP contribution in [0.3, 0.4) is 0 Å². The third-order valence-electron chi connectivity index (χ3n) is 3.23. The molecule has 2 heterocycles. The highest BCUT2D eigenvalue weighted by atomic mass is 79.9. The van der Waals surface area contributed by atoms with Crippen LogP contribution in [0.5, 0.6) is 0 Å². The van der Waals surface area contributed by atoms with Crippen molar-refractivity contribution in [1.29, 1.82) is 0 Å². The number of benzene rings is 1. The standard InChI is InChI=1S/C14H13BrClN3O/c1-17-13-10-7-20-5-4-12(10)18-14(19-13)9-3-2-8(15)6-11(9)16/h2-3,6H,4-5,7H2,1H3,(H,17,18,19). The van der Waals surface area contributed by atoms with E-state index in [2.05, 4.69) is 31.2 Å². The van der Waals surface area contributed by atoms with Gasteiger partial charge in [-0.3, -0.25) is 0 Å². The number of fused-ring (bicyclic) bond motifs is 1. The van der Waals surface area contributed by atoms with E-state index in [9.17, 15) is 0 Å². The highest BCUT2D eigenvalue weighted by Crippen LogP contribution is 2.31. The molecule has 1 N–H and O–H groups in total. The minimum Gasteiger partial charge on any atom is -0.376 e. The second kappa shape index (κ2) is 5.68. The average Bonchev–Trinajstić information content (AvgIpc) is 2.46. The molecule has 2 aromatic rings. The van der Waals surface area contributed by atoms with Gasteiger partial charge in [0.2, 0.25) is 0 Å². The van der Waals surface area contributed by atoms with E-state index in [4.69, 9.17) is 16.3 Å². The highest BCUT2D eigenvalue weighted by molar-refractivity contribution is 9.10. The van der Waals surface area contributed by atoms with Gasteiger partial charge < -0.3 is 10.1 Å². The summed E-state index contributed by atoms with van der Waals surface area (Å²) in [4.78, 5) is 9.22. The maximum absolute atomic E-state index is 6.29. The molecule has 3 rings (SSSR count). The lowest BCUT2D eigenvalue weighted by Crippen LogP contribution is -2.16. The predicted molar refractivity (Wildman–Crippen MR) is 83.1 cm³/mol. The van der Waals surface area contributed by atoms with Crippen molar-refractivity contribution in [3.8, 4) is 11.4 Å². The molecule has 104 valence electrons. The first-order valence-corrected chi connectivity index (χ1v) is 7.47. The SMILES string of the molecule is CNc1nc(-c2ccc(Br)cc2Cl)nc2c1COCC2. The van der Waals surface area contributed by atoms with Crippen molar-refractivity contribution in [3.63, 3.8) is 0 Å². The minimum atomic E-state index is 0.555. The molecule has 0 unspecified atom stereocenters. The molecular formula is C14H13BrClN3O.